The lowest BCUT2D eigenvalue weighted by Crippen LogP contribution is -2.28. The second-order valence-corrected chi connectivity index (χ2v) is 6.04. The molecule has 0 bridgehead atoms. The van der Waals surface area contributed by atoms with Crippen molar-refractivity contribution in [3.05, 3.63) is 62.3 Å². The molecule has 2 aromatic rings. The number of aliphatic hydroxyl groups excluding tert-OH is 1. The molecule has 1 heterocycles. The largest absolute Gasteiger partial charge is 0.387 e. The summed E-state index contributed by atoms with van der Waals surface area (Å²) in [6, 6.07) is 6.44. The van der Waals surface area contributed by atoms with Gasteiger partial charge in [0, 0.05) is 39.0 Å². The van der Waals surface area contributed by atoms with Crippen LogP contribution in [0, 0.1) is 0 Å². The van der Waals surface area contributed by atoms with E-state index in [4.69, 9.17) is 23.2 Å². The van der Waals surface area contributed by atoms with Gasteiger partial charge in [-0.15, -0.1) is 0 Å². The molecule has 1 aromatic heterocycles. The third-order valence-electron chi connectivity index (χ3n) is 2.74. The zero-order chi connectivity index (χ0) is 15.4. The first kappa shape index (κ1) is 16.2. The highest BCUT2D eigenvalue weighted by atomic mass is 79.9. The predicted octanol–water partition coefficient (Wildman–Crippen LogP) is 3.61. The van der Waals surface area contributed by atoms with E-state index in [0.29, 0.717) is 25.6 Å². The van der Waals surface area contributed by atoms with Crippen LogP contribution in [0.1, 0.15) is 22.0 Å². The van der Waals surface area contributed by atoms with Crippen LogP contribution >= 0.6 is 39.1 Å². The van der Waals surface area contributed by atoms with Gasteiger partial charge in [0.2, 0.25) is 0 Å². The van der Waals surface area contributed by atoms with Crippen molar-refractivity contribution in [2.75, 3.05) is 6.54 Å². The summed E-state index contributed by atoms with van der Waals surface area (Å²) in [6.45, 7) is 0.0344. The van der Waals surface area contributed by atoms with E-state index < -0.39 is 6.10 Å². The third kappa shape index (κ3) is 4.41. The summed E-state index contributed by atoms with van der Waals surface area (Å²) < 4.78 is 0.705. The van der Waals surface area contributed by atoms with Gasteiger partial charge in [0.15, 0.2) is 0 Å². The van der Waals surface area contributed by atoms with Crippen LogP contribution in [0.15, 0.2) is 41.1 Å². The van der Waals surface area contributed by atoms with E-state index in [1.54, 1.807) is 30.5 Å². The van der Waals surface area contributed by atoms with Gasteiger partial charge in [-0.1, -0.05) is 29.3 Å². The Kier molecular flexibility index (Phi) is 5.58. The number of rotatable bonds is 4. The molecule has 1 unspecified atom stereocenters. The molecule has 110 valence electrons. The molecule has 7 heteroatoms. The fourth-order valence-corrected chi connectivity index (χ4v) is 2.61. The summed E-state index contributed by atoms with van der Waals surface area (Å²) in [6.07, 6.45) is 2.11. The van der Waals surface area contributed by atoms with Gasteiger partial charge in [-0.3, -0.25) is 9.78 Å². The minimum Gasteiger partial charge on any atom is -0.387 e. The quantitative estimate of drug-likeness (QED) is 0.839. The highest BCUT2D eigenvalue weighted by Gasteiger charge is 2.14. The van der Waals surface area contributed by atoms with Crippen molar-refractivity contribution in [3.8, 4) is 0 Å². The maximum Gasteiger partial charge on any atom is 0.252 e. The number of carbonyl (C=O) groups is 1. The van der Waals surface area contributed by atoms with E-state index in [0.717, 1.165) is 0 Å². The number of hydrogen-bond acceptors (Lipinski definition) is 3. The minimum absolute atomic E-state index is 0.0344. The lowest BCUT2D eigenvalue weighted by Gasteiger charge is -2.14. The Bertz CT molecular complexity index is 667. The first-order valence-corrected chi connectivity index (χ1v) is 7.54. The van der Waals surface area contributed by atoms with Crippen LogP contribution < -0.4 is 5.32 Å². The van der Waals surface area contributed by atoms with Crippen molar-refractivity contribution in [2.24, 2.45) is 0 Å². The average molecular weight is 390 g/mol. The zero-order valence-electron chi connectivity index (χ0n) is 10.7. The third-order valence-corrected chi connectivity index (χ3v) is 3.74. The summed E-state index contributed by atoms with van der Waals surface area (Å²) in [5.41, 5.74) is 0.910. The number of benzene rings is 1. The van der Waals surface area contributed by atoms with Gasteiger partial charge in [-0.05, 0) is 34.1 Å². The molecule has 0 spiro atoms. The summed E-state index contributed by atoms with van der Waals surface area (Å²) in [7, 11) is 0. The molecule has 0 saturated heterocycles. The van der Waals surface area contributed by atoms with Crippen LogP contribution in [0.2, 0.25) is 10.0 Å². The van der Waals surface area contributed by atoms with Crippen LogP contribution in [-0.2, 0) is 0 Å². The van der Waals surface area contributed by atoms with Gasteiger partial charge in [0.1, 0.15) is 0 Å². The number of nitrogens with zero attached hydrogens (tertiary/aromatic N) is 1. The molecule has 2 rings (SSSR count). The Morgan fingerprint density at radius 3 is 2.76 bits per heavy atom. The molecule has 0 saturated carbocycles. The summed E-state index contributed by atoms with van der Waals surface area (Å²) in [4.78, 5) is 15.8. The Labute approximate surface area is 140 Å². The zero-order valence-corrected chi connectivity index (χ0v) is 13.8. The number of amides is 1. The number of hydrogen-bond donors (Lipinski definition) is 2. The molecule has 1 amide bonds. The normalized spacial score (nSPS) is 12.0. The van der Waals surface area contributed by atoms with Crippen LogP contribution in [0.25, 0.3) is 0 Å². The first-order chi connectivity index (χ1) is 9.97. The Morgan fingerprint density at radius 2 is 2.10 bits per heavy atom. The number of aliphatic hydroxyl groups is 1. The standard InChI is InChI=1S/C14H11BrCl2N2O2/c15-9-3-8(5-18-6-9)14(21)19-7-13(20)11-2-1-10(16)4-12(11)17/h1-6,13,20H,7H2,(H,19,21). The van der Waals surface area contributed by atoms with Crippen LogP contribution in [0.4, 0.5) is 0 Å². The lowest BCUT2D eigenvalue weighted by atomic mass is 10.1. The molecule has 4 nitrogen and oxygen atoms in total. The number of halogens is 3. The van der Waals surface area contributed by atoms with Gasteiger partial charge < -0.3 is 10.4 Å². The minimum atomic E-state index is -0.918. The second-order valence-electron chi connectivity index (χ2n) is 4.28. The van der Waals surface area contributed by atoms with Gasteiger partial charge >= 0.3 is 0 Å². The highest BCUT2D eigenvalue weighted by Crippen LogP contribution is 2.25. The van der Waals surface area contributed by atoms with E-state index in [2.05, 4.69) is 26.2 Å². The van der Waals surface area contributed by atoms with Crippen molar-refractivity contribution in [1.82, 2.24) is 10.3 Å². The topological polar surface area (TPSA) is 62.2 Å². The molecule has 0 aliphatic heterocycles. The van der Waals surface area contributed by atoms with Crippen molar-refractivity contribution < 1.29 is 9.90 Å². The number of aromatic nitrogens is 1. The lowest BCUT2D eigenvalue weighted by molar-refractivity contribution is 0.0916. The number of pyridine rings is 1. The van der Waals surface area contributed by atoms with Gasteiger partial charge in [-0.2, -0.15) is 0 Å². The molecule has 0 aliphatic rings. The summed E-state index contributed by atoms with van der Waals surface area (Å²) in [5.74, 6) is -0.326. The van der Waals surface area contributed by atoms with Crippen molar-refractivity contribution in [3.63, 3.8) is 0 Å². The van der Waals surface area contributed by atoms with Gasteiger partial charge in [-0.25, -0.2) is 0 Å². The summed E-state index contributed by atoms with van der Waals surface area (Å²) in [5, 5.41) is 13.5. The van der Waals surface area contributed by atoms with Crippen molar-refractivity contribution in [2.45, 2.75) is 6.10 Å². The monoisotopic (exact) mass is 388 g/mol. The highest BCUT2D eigenvalue weighted by molar-refractivity contribution is 9.10. The van der Waals surface area contributed by atoms with E-state index in [9.17, 15) is 9.90 Å². The number of nitrogens with one attached hydrogen (secondary N) is 1. The molecular weight excluding hydrogens is 379 g/mol. The first-order valence-electron chi connectivity index (χ1n) is 5.99. The molecule has 1 aromatic carbocycles. The molecule has 0 fully saturated rings. The fraction of sp³-hybridized carbons (Fsp3) is 0.143. The van der Waals surface area contributed by atoms with Crippen molar-refractivity contribution >= 4 is 45.0 Å². The van der Waals surface area contributed by atoms with E-state index in [1.807, 2.05) is 0 Å². The fourth-order valence-electron chi connectivity index (χ4n) is 1.71. The molecule has 1 atom stereocenters. The summed E-state index contributed by atoms with van der Waals surface area (Å²) >= 11 is 15.0. The molecule has 0 aliphatic carbocycles. The van der Waals surface area contributed by atoms with Gasteiger partial charge in [0.05, 0.1) is 11.7 Å². The maximum absolute atomic E-state index is 11.9. The van der Waals surface area contributed by atoms with Crippen molar-refractivity contribution in [1.29, 1.82) is 0 Å². The maximum atomic E-state index is 11.9. The van der Waals surface area contributed by atoms with Gasteiger partial charge in [0.25, 0.3) is 5.91 Å². The Morgan fingerprint density at radius 1 is 1.33 bits per heavy atom. The predicted molar refractivity (Wildman–Crippen MR) is 85.7 cm³/mol. The van der Waals surface area contributed by atoms with E-state index >= 15 is 0 Å². The molecular formula is C14H11BrCl2N2O2. The van der Waals surface area contributed by atoms with Crippen LogP contribution in [0.5, 0.6) is 0 Å². The van der Waals surface area contributed by atoms with E-state index in [-0.39, 0.29) is 12.5 Å². The number of carbonyl (C=O) groups excluding carboxylic acids is 1. The molecule has 0 radical (unpaired) electrons. The van der Waals surface area contributed by atoms with Crippen LogP contribution in [-0.4, -0.2) is 22.5 Å². The van der Waals surface area contributed by atoms with Crippen LogP contribution in [0.3, 0.4) is 0 Å². The second kappa shape index (κ2) is 7.22. The smallest absolute Gasteiger partial charge is 0.252 e. The molecule has 21 heavy (non-hydrogen) atoms. The van der Waals surface area contributed by atoms with E-state index in [1.165, 1.54) is 6.20 Å². The Hall–Kier alpha value is -1.14. The Balaban J connectivity index is 2.00. The average Bonchev–Trinajstić information content (AvgIpc) is 2.44. The SMILES string of the molecule is O=C(NCC(O)c1ccc(Cl)cc1Cl)c1cncc(Br)c1. The molecule has 2 N–H and O–H groups in total.